The summed E-state index contributed by atoms with van der Waals surface area (Å²) in [6.07, 6.45) is 0.897. The first-order chi connectivity index (χ1) is 16.8. The second-order valence-corrected chi connectivity index (χ2v) is 8.07. The summed E-state index contributed by atoms with van der Waals surface area (Å²) in [4.78, 5) is 48.8. The van der Waals surface area contributed by atoms with Gasteiger partial charge in [0.25, 0.3) is 17.3 Å². The molecule has 35 heavy (non-hydrogen) atoms. The van der Waals surface area contributed by atoms with Gasteiger partial charge < -0.3 is 15.4 Å². The first-order valence-corrected chi connectivity index (χ1v) is 11.2. The van der Waals surface area contributed by atoms with Gasteiger partial charge in [0.2, 0.25) is 5.91 Å². The van der Waals surface area contributed by atoms with Crippen LogP contribution in [-0.4, -0.2) is 72.0 Å². The molecule has 12 heteroatoms. The molecule has 0 aromatic heterocycles. The van der Waals surface area contributed by atoms with E-state index in [2.05, 4.69) is 15.5 Å². The van der Waals surface area contributed by atoms with E-state index in [9.17, 15) is 29.8 Å². The Morgan fingerprint density at radius 2 is 1.63 bits per heavy atom. The first-order valence-electron chi connectivity index (χ1n) is 11.2. The molecule has 1 aliphatic heterocycles. The van der Waals surface area contributed by atoms with E-state index in [4.69, 9.17) is 4.74 Å². The summed E-state index contributed by atoms with van der Waals surface area (Å²) in [6, 6.07) is 10.7. The summed E-state index contributed by atoms with van der Waals surface area (Å²) in [5.41, 5.74) is -0.650. The van der Waals surface area contributed by atoms with Crippen LogP contribution in [0.1, 0.15) is 22.3 Å². The van der Waals surface area contributed by atoms with Crippen molar-refractivity contribution in [2.45, 2.75) is 18.9 Å². The van der Waals surface area contributed by atoms with E-state index in [0.717, 1.165) is 49.8 Å². The Bertz CT molecular complexity index is 1030. The van der Waals surface area contributed by atoms with Gasteiger partial charge in [-0.15, -0.1) is 0 Å². The summed E-state index contributed by atoms with van der Waals surface area (Å²) >= 11 is 0. The number of benzene rings is 2. The molecular formula is C23H27N5O7. The van der Waals surface area contributed by atoms with Crippen LogP contribution < -0.4 is 10.6 Å². The molecule has 1 atom stereocenters. The monoisotopic (exact) mass is 485 g/mol. The molecule has 0 aliphatic carbocycles. The van der Waals surface area contributed by atoms with Gasteiger partial charge in [-0.25, -0.2) is 0 Å². The van der Waals surface area contributed by atoms with E-state index in [1.807, 2.05) is 18.2 Å². The number of nitro groups is 2. The van der Waals surface area contributed by atoms with Crippen molar-refractivity contribution < 1.29 is 24.2 Å². The molecule has 3 rings (SSSR count). The normalized spacial score (nSPS) is 14.6. The lowest BCUT2D eigenvalue weighted by molar-refractivity contribution is -0.394. The van der Waals surface area contributed by atoms with E-state index < -0.39 is 39.1 Å². The van der Waals surface area contributed by atoms with E-state index in [-0.39, 0.29) is 12.0 Å². The Labute approximate surface area is 201 Å². The number of carbonyl (C=O) groups is 2. The number of nitrogens with zero attached hydrogens (tertiary/aromatic N) is 3. The number of non-ortho nitro benzene ring substituents is 2. The van der Waals surface area contributed by atoms with Crippen LogP contribution in [0.5, 0.6) is 0 Å². The van der Waals surface area contributed by atoms with Crippen LogP contribution in [0.4, 0.5) is 11.4 Å². The molecule has 186 valence electrons. The van der Waals surface area contributed by atoms with Crippen LogP contribution >= 0.6 is 0 Å². The highest BCUT2D eigenvalue weighted by Gasteiger charge is 2.25. The van der Waals surface area contributed by atoms with E-state index in [1.165, 1.54) is 0 Å². The number of hydrogen-bond donors (Lipinski definition) is 2. The van der Waals surface area contributed by atoms with E-state index in [0.29, 0.717) is 19.8 Å². The van der Waals surface area contributed by atoms with Gasteiger partial charge in [0, 0.05) is 38.2 Å². The van der Waals surface area contributed by atoms with Gasteiger partial charge in [-0.3, -0.25) is 34.7 Å². The lowest BCUT2D eigenvalue weighted by Crippen LogP contribution is -2.48. The molecule has 0 bridgehead atoms. The summed E-state index contributed by atoms with van der Waals surface area (Å²) in [5.74, 6) is -1.23. The van der Waals surface area contributed by atoms with Crippen LogP contribution in [-0.2, 0) is 16.0 Å². The maximum Gasteiger partial charge on any atom is 0.277 e. The molecule has 1 aliphatic rings. The van der Waals surface area contributed by atoms with Crippen LogP contribution in [0.2, 0.25) is 0 Å². The van der Waals surface area contributed by atoms with E-state index >= 15 is 0 Å². The lowest BCUT2D eigenvalue weighted by Gasteiger charge is -2.26. The van der Waals surface area contributed by atoms with Gasteiger partial charge in [-0.1, -0.05) is 30.3 Å². The Morgan fingerprint density at radius 1 is 1.00 bits per heavy atom. The minimum Gasteiger partial charge on any atom is -0.379 e. The number of nitrogens with one attached hydrogen (secondary N) is 2. The number of amides is 2. The van der Waals surface area contributed by atoms with Gasteiger partial charge in [0.1, 0.15) is 6.04 Å². The highest BCUT2D eigenvalue weighted by molar-refractivity contribution is 5.98. The number of carbonyl (C=O) groups excluding carboxylic acids is 2. The second kappa shape index (κ2) is 12.5. The van der Waals surface area contributed by atoms with Crippen LogP contribution in [0.25, 0.3) is 0 Å². The predicted molar refractivity (Wildman–Crippen MR) is 126 cm³/mol. The van der Waals surface area contributed by atoms with E-state index in [1.54, 1.807) is 12.1 Å². The molecule has 0 saturated carbocycles. The molecule has 1 heterocycles. The summed E-state index contributed by atoms with van der Waals surface area (Å²) in [6.45, 7) is 4.27. The third-order valence-corrected chi connectivity index (χ3v) is 5.54. The predicted octanol–water partition coefficient (Wildman–Crippen LogP) is 1.68. The quantitative estimate of drug-likeness (QED) is 0.276. The molecule has 0 spiro atoms. The molecule has 2 aromatic rings. The molecule has 12 nitrogen and oxygen atoms in total. The minimum atomic E-state index is -0.980. The molecule has 2 N–H and O–H groups in total. The van der Waals surface area contributed by atoms with Gasteiger partial charge >= 0.3 is 0 Å². The molecule has 2 aromatic carbocycles. The van der Waals surface area contributed by atoms with Crippen molar-refractivity contribution in [1.29, 1.82) is 0 Å². The van der Waals surface area contributed by atoms with Gasteiger partial charge in [0.05, 0.1) is 34.7 Å². The standard InChI is InChI=1S/C23H27N5O7/c29-22(18-14-19(27(31)32)16-20(15-18)28(33)34)25-21(13-17-5-2-1-3-6-17)23(30)24-7-4-8-26-9-11-35-12-10-26/h1-3,5-6,14-16,21H,4,7-13H2,(H,24,30)(H,25,29). The SMILES string of the molecule is O=C(NC(Cc1ccccc1)C(=O)NCCCN1CCOCC1)c1cc([N+](=O)[O-])cc([N+](=O)[O-])c1. The minimum absolute atomic E-state index is 0.179. The maximum atomic E-state index is 12.9. The Kier molecular flexibility index (Phi) is 9.21. The Balaban J connectivity index is 1.69. The van der Waals surface area contributed by atoms with Gasteiger partial charge in [-0.05, 0) is 18.5 Å². The molecule has 1 saturated heterocycles. The maximum absolute atomic E-state index is 12.9. The van der Waals surface area contributed by atoms with Crippen molar-refractivity contribution in [2.75, 3.05) is 39.4 Å². The molecule has 0 radical (unpaired) electrons. The fourth-order valence-corrected chi connectivity index (χ4v) is 3.70. The van der Waals surface area contributed by atoms with Crippen molar-refractivity contribution >= 4 is 23.2 Å². The largest absolute Gasteiger partial charge is 0.379 e. The highest BCUT2D eigenvalue weighted by atomic mass is 16.6. The van der Waals surface area contributed by atoms with Gasteiger partial charge in [-0.2, -0.15) is 0 Å². The van der Waals surface area contributed by atoms with Crippen molar-refractivity contribution in [3.8, 4) is 0 Å². The summed E-state index contributed by atoms with van der Waals surface area (Å²) < 4.78 is 5.32. The molecule has 2 amide bonds. The van der Waals surface area contributed by atoms with Crippen molar-refractivity contribution in [3.63, 3.8) is 0 Å². The number of ether oxygens (including phenoxy) is 1. The highest BCUT2D eigenvalue weighted by Crippen LogP contribution is 2.23. The van der Waals surface area contributed by atoms with Crippen LogP contribution in [0, 0.1) is 20.2 Å². The zero-order valence-corrected chi connectivity index (χ0v) is 19.1. The zero-order valence-electron chi connectivity index (χ0n) is 19.1. The number of morpholine rings is 1. The zero-order chi connectivity index (χ0) is 25.2. The fraction of sp³-hybridized carbons (Fsp3) is 0.391. The van der Waals surface area contributed by atoms with Crippen LogP contribution in [0.15, 0.2) is 48.5 Å². The third-order valence-electron chi connectivity index (χ3n) is 5.54. The number of nitro benzene ring substituents is 2. The summed E-state index contributed by atoms with van der Waals surface area (Å²) in [5, 5.41) is 27.7. The Morgan fingerprint density at radius 3 is 2.23 bits per heavy atom. The Hall–Kier alpha value is -3.90. The fourth-order valence-electron chi connectivity index (χ4n) is 3.70. The average molecular weight is 485 g/mol. The molecular weight excluding hydrogens is 458 g/mol. The van der Waals surface area contributed by atoms with Crippen LogP contribution in [0.3, 0.4) is 0 Å². The lowest BCUT2D eigenvalue weighted by atomic mass is 10.0. The average Bonchev–Trinajstić information content (AvgIpc) is 2.87. The second-order valence-electron chi connectivity index (χ2n) is 8.07. The summed E-state index contributed by atoms with van der Waals surface area (Å²) in [7, 11) is 0. The number of rotatable bonds is 11. The van der Waals surface area contributed by atoms with Gasteiger partial charge in [0.15, 0.2) is 0 Å². The topological polar surface area (TPSA) is 157 Å². The molecule has 1 unspecified atom stereocenters. The number of hydrogen-bond acceptors (Lipinski definition) is 8. The molecule has 1 fully saturated rings. The van der Waals surface area contributed by atoms with Crippen molar-refractivity contribution in [3.05, 3.63) is 79.9 Å². The smallest absolute Gasteiger partial charge is 0.277 e. The van der Waals surface area contributed by atoms with Crippen molar-refractivity contribution in [2.24, 2.45) is 0 Å². The van der Waals surface area contributed by atoms with Crippen molar-refractivity contribution in [1.82, 2.24) is 15.5 Å². The first kappa shape index (κ1) is 25.7. The third kappa shape index (κ3) is 7.83.